The number of aliphatic imine (C=N–C) groups is 1. The number of benzene rings is 2. The van der Waals surface area contributed by atoms with Crippen LogP contribution in [0.1, 0.15) is 20.3 Å². The number of nitrogens with zero attached hydrogens (tertiary/aromatic N) is 3. The minimum absolute atomic E-state index is 0. The van der Waals surface area contributed by atoms with Gasteiger partial charge >= 0.3 is 0 Å². The van der Waals surface area contributed by atoms with Gasteiger partial charge in [0.2, 0.25) is 0 Å². The number of piperazine rings is 1. The van der Waals surface area contributed by atoms with E-state index in [1.807, 2.05) is 6.07 Å². The van der Waals surface area contributed by atoms with Crippen molar-refractivity contribution in [3.05, 3.63) is 42.5 Å². The molecular formula is C25H40IN5O. The van der Waals surface area contributed by atoms with Crippen LogP contribution in [0, 0.1) is 5.92 Å². The van der Waals surface area contributed by atoms with Gasteiger partial charge < -0.3 is 25.2 Å². The maximum atomic E-state index is 5.94. The summed E-state index contributed by atoms with van der Waals surface area (Å²) in [5.74, 6) is 2.38. The number of rotatable bonds is 10. The maximum absolute atomic E-state index is 5.94. The highest BCUT2D eigenvalue weighted by molar-refractivity contribution is 14.0. The molecule has 32 heavy (non-hydrogen) atoms. The third kappa shape index (κ3) is 9.11. The van der Waals surface area contributed by atoms with E-state index in [1.54, 1.807) is 0 Å². The first-order chi connectivity index (χ1) is 15.1. The van der Waals surface area contributed by atoms with E-state index in [1.165, 1.54) is 37.0 Å². The molecule has 7 heteroatoms. The molecule has 0 radical (unpaired) electrons. The first kappa shape index (κ1) is 26.7. The van der Waals surface area contributed by atoms with Crippen LogP contribution >= 0.6 is 24.0 Å². The van der Waals surface area contributed by atoms with E-state index < -0.39 is 0 Å². The molecule has 0 saturated carbocycles. The summed E-state index contributed by atoms with van der Waals surface area (Å²) in [6, 6.07) is 14.6. The van der Waals surface area contributed by atoms with Crippen molar-refractivity contribution >= 4 is 40.7 Å². The molecule has 2 aromatic carbocycles. The summed E-state index contributed by atoms with van der Waals surface area (Å²) < 4.78 is 5.94. The number of halogens is 1. The highest BCUT2D eigenvalue weighted by Crippen LogP contribution is 2.20. The van der Waals surface area contributed by atoms with Gasteiger partial charge in [-0.1, -0.05) is 37.3 Å². The van der Waals surface area contributed by atoms with E-state index in [2.05, 4.69) is 77.7 Å². The maximum Gasteiger partial charge on any atom is 0.191 e. The Labute approximate surface area is 210 Å². The van der Waals surface area contributed by atoms with E-state index in [-0.39, 0.29) is 24.0 Å². The average Bonchev–Trinajstić information content (AvgIpc) is 2.78. The van der Waals surface area contributed by atoms with Crippen LogP contribution in [0.5, 0.6) is 5.75 Å². The number of fused-ring (bicyclic) bond motifs is 1. The second-order valence-corrected chi connectivity index (χ2v) is 8.57. The fraction of sp³-hybridized carbons (Fsp3) is 0.560. The van der Waals surface area contributed by atoms with Gasteiger partial charge in [0.25, 0.3) is 0 Å². The van der Waals surface area contributed by atoms with Gasteiger partial charge in [0.05, 0.1) is 6.61 Å². The Hall–Kier alpha value is -1.58. The quantitative estimate of drug-likeness (QED) is 0.204. The highest BCUT2D eigenvalue weighted by atomic mass is 127. The smallest absolute Gasteiger partial charge is 0.191 e. The number of likely N-dealkylation sites (N-methyl/N-ethyl adjacent to an activating group) is 1. The van der Waals surface area contributed by atoms with Gasteiger partial charge in [-0.05, 0) is 49.2 Å². The van der Waals surface area contributed by atoms with Crippen LogP contribution in [-0.4, -0.2) is 81.8 Å². The zero-order chi connectivity index (χ0) is 21.9. The first-order valence-corrected chi connectivity index (χ1v) is 11.7. The lowest BCUT2D eigenvalue weighted by Gasteiger charge is -2.33. The van der Waals surface area contributed by atoms with Gasteiger partial charge in [0, 0.05) is 52.4 Å². The Kier molecular flexibility index (Phi) is 12.1. The molecule has 1 aliphatic rings. The fourth-order valence-corrected chi connectivity index (χ4v) is 3.84. The predicted octanol–water partition coefficient (Wildman–Crippen LogP) is 3.67. The SMILES string of the molecule is CCNC(=NCC(C)CN1CCN(C)CC1)NCCCOc1ccc2ccccc2c1.I. The molecule has 6 nitrogen and oxygen atoms in total. The summed E-state index contributed by atoms with van der Waals surface area (Å²) >= 11 is 0. The number of hydrogen-bond donors (Lipinski definition) is 2. The zero-order valence-electron chi connectivity index (χ0n) is 19.8. The molecule has 178 valence electrons. The topological polar surface area (TPSA) is 52.1 Å². The highest BCUT2D eigenvalue weighted by Gasteiger charge is 2.15. The van der Waals surface area contributed by atoms with Crippen molar-refractivity contribution < 1.29 is 4.74 Å². The molecule has 3 rings (SSSR count). The Balaban J connectivity index is 0.00000363. The summed E-state index contributed by atoms with van der Waals surface area (Å²) in [7, 11) is 2.20. The summed E-state index contributed by atoms with van der Waals surface area (Å²) in [6.07, 6.45) is 0.925. The van der Waals surface area contributed by atoms with Crippen LogP contribution in [0.2, 0.25) is 0 Å². The molecule has 0 aromatic heterocycles. The predicted molar refractivity (Wildman–Crippen MR) is 147 cm³/mol. The Morgan fingerprint density at radius 1 is 1.06 bits per heavy atom. The Morgan fingerprint density at radius 3 is 2.56 bits per heavy atom. The van der Waals surface area contributed by atoms with E-state index >= 15 is 0 Å². The van der Waals surface area contributed by atoms with Crippen molar-refractivity contribution in [3.63, 3.8) is 0 Å². The van der Waals surface area contributed by atoms with Crippen LogP contribution in [-0.2, 0) is 0 Å². The molecule has 1 atom stereocenters. The first-order valence-electron chi connectivity index (χ1n) is 11.7. The minimum Gasteiger partial charge on any atom is -0.494 e. The Bertz CT molecular complexity index is 823. The fourth-order valence-electron chi connectivity index (χ4n) is 3.84. The summed E-state index contributed by atoms with van der Waals surface area (Å²) in [5, 5.41) is 9.25. The molecule has 0 spiro atoms. The van der Waals surface area contributed by atoms with Gasteiger partial charge in [0.1, 0.15) is 5.75 Å². The second kappa shape index (κ2) is 14.5. The normalized spacial score (nSPS) is 16.4. The summed E-state index contributed by atoms with van der Waals surface area (Å²) in [6.45, 7) is 13.4. The minimum atomic E-state index is 0. The third-order valence-corrected chi connectivity index (χ3v) is 5.67. The number of ether oxygens (including phenoxy) is 1. The van der Waals surface area contributed by atoms with E-state index in [4.69, 9.17) is 9.73 Å². The number of guanidine groups is 1. The summed E-state index contributed by atoms with van der Waals surface area (Å²) in [5.41, 5.74) is 0. The Morgan fingerprint density at radius 2 is 1.81 bits per heavy atom. The second-order valence-electron chi connectivity index (χ2n) is 8.57. The molecule has 1 fully saturated rings. The third-order valence-electron chi connectivity index (χ3n) is 5.67. The monoisotopic (exact) mass is 553 g/mol. The van der Waals surface area contributed by atoms with E-state index in [9.17, 15) is 0 Å². The molecule has 0 bridgehead atoms. The van der Waals surface area contributed by atoms with Crippen molar-refractivity contribution in [2.24, 2.45) is 10.9 Å². The summed E-state index contributed by atoms with van der Waals surface area (Å²) in [4.78, 5) is 9.76. The van der Waals surface area contributed by atoms with Crippen LogP contribution < -0.4 is 15.4 Å². The van der Waals surface area contributed by atoms with E-state index in [0.717, 1.165) is 44.3 Å². The lowest BCUT2D eigenvalue weighted by atomic mass is 10.1. The van der Waals surface area contributed by atoms with Crippen LogP contribution in [0.15, 0.2) is 47.5 Å². The zero-order valence-corrected chi connectivity index (χ0v) is 22.2. The van der Waals surface area contributed by atoms with Crippen molar-refractivity contribution in [2.45, 2.75) is 20.3 Å². The van der Waals surface area contributed by atoms with Gasteiger partial charge in [-0.15, -0.1) is 24.0 Å². The molecular weight excluding hydrogens is 513 g/mol. The van der Waals surface area contributed by atoms with Crippen LogP contribution in [0.25, 0.3) is 10.8 Å². The van der Waals surface area contributed by atoms with E-state index in [0.29, 0.717) is 12.5 Å². The van der Waals surface area contributed by atoms with Gasteiger partial charge in [0.15, 0.2) is 5.96 Å². The lowest BCUT2D eigenvalue weighted by Crippen LogP contribution is -2.46. The molecule has 1 aliphatic heterocycles. The number of hydrogen-bond acceptors (Lipinski definition) is 4. The molecule has 2 aromatic rings. The van der Waals surface area contributed by atoms with Crippen LogP contribution in [0.4, 0.5) is 0 Å². The van der Waals surface area contributed by atoms with Crippen molar-refractivity contribution in [3.8, 4) is 5.75 Å². The van der Waals surface area contributed by atoms with Crippen molar-refractivity contribution in [1.82, 2.24) is 20.4 Å². The molecule has 1 saturated heterocycles. The molecule has 0 aliphatic carbocycles. The lowest BCUT2D eigenvalue weighted by molar-refractivity contribution is 0.140. The largest absolute Gasteiger partial charge is 0.494 e. The molecule has 2 N–H and O–H groups in total. The van der Waals surface area contributed by atoms with Gasteiger partial charge in [-0.3, -0.25) is 4.99 Å². The molecule has 1 unspecified atom stereocenters. The molecule has 1 heterocycles. The van der Waals surface area contributed by atoms with Crippen molar-refractivity contribution in [2.75, 3.05) is 66.0 Å². The van der Waals surface area contributed by atoms with Gasteiger partial charge in [-0.25, -0.2) is 0 Å². The number of nitrogens with one attached hydrogen (secondary N) is 2. The average molecular weight is 554 g/mol. The standard InChI is InChI=1S/C25H39N5O.HI/c1-4-26-25(28-19-21(2)20-30-15-13-29(3)14-16-30)27-12-7-17-31-24-11-10-22-8-5-6-9-23(22)18-24;/h5-6,8-11,18,21H,4,7,12-17,19-20H2,1-3H3,(H2,26,27,28);1H. The van der Waals surface area contributed by atoms with Crippen molar-refractivity contribution in [1.29, 1.82) is 0 Å². The molecule has 0 amide bonds. The van der Waals surface area contributed by atoms with Gasteiger partial charge in [-0.2, -0.15) is 0 Å². The van der Waals surface area contributed by atoms with Crippen LogP contribution in [0.3, 0.4) is 0 Å².